The third-order valence-electron chi connectivity index (χ3n) is 3.10. The molecule has 0 aliphatic carbocycles. The highest BCUT2D eigenvalue weighted by atomic mass is 127. The molecule has 2 rings (SSSR count). The predicted molar refractivity (Wildman–Crippen MR) is 113 cm³/mol. The number of thiazole rings is 1. The van der Waals surface area contributed by atoms with Crippen LogP contribution < -0.4 is 10.6 Å². The van der Waals surface area contributed by atoms with E-state index in [0.29, 0.717) is 5.15 Å². The molecule has 2 heterocycles. The molecule has 0 fully saturated rings. The monoisotopic (exact) mass is 479 g/mol. The first-order valence-corrected chi connectivity index (χ1v) is 8.90. The summed E-state index contributed by atoms with van der Waals surface area (Å²) in [5.41, 5.74) is 1.15. The first-order valence-electron chi connectivity index (χ1n) is 7.71. The summed E-state index contributed by atoms with van der Waals surface area (Å²) < 4.78 is 0. The molecule has 0 aliphatic heterocycles. The second-order valence-corrected chi connectivity index (χ2v) is 6.75. The number of aryl methyl sites for hydroxylation is 1. The number of nitrogens with one attached hydrogen (secondary N) is 2. The Bertz CT molecular complexity index is 630. The summed E-state index contributed by atoms with van der Waals surface area (Å²) in [5, 5.41) is 8.25. The summed E-state index contributed by atoms with van der Waals surface area (Å²) in [6.45, 7) is 6.49. The van der Waals surface area contributed by atoms with Gasteiger partial charge in [0.25, 0.3) is 0 Å². The van der Waals surface area contributed by atoms with Crippen LogP contribution in [0.25, 0.3) is 0 Å². The molecular weight excluding hydrogens is 457 g/mol. The number of hydrogen-bond donors (Lipinski definition) is 2. The SMILES string of the molecule is CCNC(=NCCc1ncc(C)s1)NCCc1ccc(Cl)nc1.I. The standard InChI is InChI=1S/C16H22ClN5S.HI/c1-3-18-16(20-9-7-15-22-10-12(2)23-15)19-8-6-13-4-5-14(17)21-11-13;/h4-5,10-11H,3,6-9H2,1-2H3,(H2,18,19,20);1H. The zero-order chi connectivity index (χ0) is 16.5. The molecule has 0 aromatic carbocycles. The van der Waals surface area contributed by atoms with E-state index in [9.17, 15) is 0 Å². The lowest BCUT2D eigenvalue weighted by atomic mass is 10.2. The molecule has 5 nitrogen and oxygen atoms in total. The van der Waals surface area contributed by atoms with Crippen LogP contribution in [-0.4, -0.2) is 35.6 Å². The molecular formula is C16H23ClIN5S. The van der Waals surface area contributed by atoms with Crippen molar-refractivity contribution in [1.82, 2.24) is 20.6 Å². The van der Waals surface area contributed by atoms with Gasteiger partial charge in [0.1, 0.15) is 5.15 Å². The van der Waals surface area contributed by atoms with Gasteiger partial charge in [0.05, 0.1) is 5.01 Å². The van der Waals surface area contributed by atoms with Crippen LogP contribution in [0, 0.1) is 6.92 Å². The van der Waals surface area contributed by atoms with E-state index in [0.717, 1.165) is 49.0 Å². The summed E-state index contributed by atoms with van der Waals surface area (Å²) >= 11 is 7.52. The molecule has 0 aliphatic rings. The van der Waals surface area contributed by atoms with Crippen molar-refractivity contribution in [2.75, 3.05) is 19.6 Å². The maximum absolute atomic E-state index is 5.79. The van der Waals surface area contributed by atoms with Crippen LogP contribution in [-0.2, 0) is 12.8 Å². The van der Waals surface area contributed by atoms with Crippen LogP contribution in [0.3, 0.4) is 0 Å². The molecule has 2 N–H and O–H groups in total. The molecule has 2 aromatic rings. The van der Waals surface area contributed by atoms with Gasteiger partial charge in [-0.25, -0.2) is 9.97 Å². The third-order valence-corrected chi connectivity index (χ3v) is 4.30. The summed E-state index contributed by atoms with van der Waals surface area (Å²) in [5.74, 6) is 0.836. The molecule has 132 valence electrons. The topological polar surface area (TPSA) is 62.2 Å². The number of halogens is 2. The Balaban J connectivity index is 0.00000288. The number of hydrogen-bond acceptors (Lipinski definition) is 4. The smallest absolute Gasteiger partial charge is 0.191 e. The Kier molecular flexibility index (Phi) is 10.2. The van der Waals surface area contributed by atoms with E-state index in [-0.39, 0.29) is 24.0 Å². The maximum Gasteiger partial charge on any atom is 0.191 e. The average Bonchev–Trinajstić information content (AvgIpc) is 2.95. The zero-order valence-electron chi connectivity index (χ0n) is 13.9. The van der Waals surface area contributed by atoms with Crippen molar-refractivity contribution in [3.8, 4) is 0 Å². The van der Waals surface area contributed by atoms with Crippen LogP contribution in [0.2, 0.25) is 5.15 Å². The quantitative estimate of drug-likeness (QED) is 0.276. The maximum atomic E-state index is 5.79. The zero-order valence-corrected chi connectivity index (χ0v) is 17.8. The number of guanidine groups is 1. The van der Waals surface area contributed by atoms with Gasteiger partial charge in [0, 0.05) is 43.3 Å². The molecule has 24 heavy (non-hydrogen) atoms. The van der Waals surface area contributed by atoms with Gasteiger partial charge in [-0.1, -0.05) is 17.7 Å². The molecule has 0 spiro atoms. The van der Waals surface area contributed by atoms with E-state index in [1.807, 2.05) is 18.3 Å². The molecule has 0 unspecified atom stereocenters. The Morgan fingerprint density at radius 1 is 1.21 bits per heavy atom. The summed E-state index contributed by atoms with van der Waals surface area (Å²) in [7, 11) is 0. The van der Waals surface area contributed by atoms with Crippen molar-refractivity contribution in [1.29, 1.82) is 0 Å². The van der Waals surface area contributed by atoms with Crippen LogP contribution in [0.1, 0.15) is 22.4 Å². The molecule has 0 amide bonds. The number of nitrogens with zero attached hydrogens (tertiary/aromatic N) is 3. The van der Waals surface area contributed by atoms with E-state index in [2.05, 4.69) is 39.4 Å². The number of rotatable bonds is 7. The number of pyridine rings is 1. The number of aliphatic imine (C=N–C) groups is 1. The van der Waals surface area contributed by atoms with E-state index in [4.69, 9.17) is 11.6 Å². The van der Waals surface area contributed by atoms with Crippen molar-refractivity contribution in [3.63, 3.8) is 0 Å². The van der Waals surface area contributed by atoms with Gasteiger partial charge >= 0.3 is 0 Å². The van der Waals surface area contributed by atoms with Crippen LogP contribution in [0.4, 0.5) is 0 Å². The van der Waals surface area contributed by atoms with Crippen molar-refractivity contribution in [3.05, 3.63) is 45.1 Å². The van der Waals surface area contributed by atoms with E-state index < -0.39 is 0 Å². The van der Waals surface area contributed by atoms with Crippen molar-refractivity contribution >= 4 is 52.9 Å². The minimum atomic E-state index is 0. The van der Waals surface area contributed by atoms with Crippen LogP contribution in [0.15, 0.2) is 29.5 Å². The third kappa shape index (κ3) is 7.76. The fraction of sp³-hybridized carbons (Fsp3) is 0.438. The second-order valence-electron chi connectivity index (χ2n) is 5.04. The Morgan fingerprint density at radius 2 is 2.04 bits per heavy atom. The lowest BCUT2D eigenvalue weighted by Gasteiger charge is -2.11. The molecule has 0 bridgehead atoms. The van der Waals surface area contributed by atoms with Gasteiger partial charge in [-0.15, -0.1) is 35.3 Å². The molecule has 0 radical (unpaired) electrons. The lowest BCUT2D eigenvalue weighted by Crippen LogP contribution is -2.38. The Labute approximate surface area is 169 Å². The van der Waals surface area contributed by atoms with Crippen LogP contribution >= 0.6 is 46.9 Å². The summed E-state index contributed by atoms with van der Waals surface area (Å²) in [6, 6.07) is 3.80. The van der Waals surface area contributed by atoms with Gasteiger partial charge in [0.15, 0.2) is 5.96 Å². The van der Waals surface area contributed by atoms with E-state index in [1.54, 1.807) is 17.5 Å². The fourth-order valence-electron chi connectivity index (χ4n) is 2.00. The van der Waals surface area contributed by atoms with Crippen molar-refractivity contribution < 1.29 is 0 Å². The minimum absolute atomic E-state index is 0. The first-order chi connectivity index (χ1) is 11.2. The highest BCUT2D eigenvalue weighted by Crippen LogP contribution is 2.11. The Morgan fingerprint density at radius 3 is 2.67 bits per heavy atom. The second kappa shape index (κ2) is 11.6. The largest absolute Gasteiger partial charge is 0.357 e. The summed E-state index contributed by atoms with van der Waals surface area (Å²) in [4.78, 5) is 14.3. The van der Waals surface area contributed by atoms with Gasteiger partial charge in [-0.2, -0.15) is 0 Å². The molecule has 0 atom stereocenters. The fourth-order valence-corrected chi connectivity index (χ4v) is 2.89. The average molecular weight is 480 g/mol. The van der Waals surface area contributed by atoms with Crippen molar-refractivity contribution in [2.45, 2.75) is 26.7 Å². The van der Waals surface area contributed by atoms with E-state index in [1.165, 1.54) is 4.88 Å². The first kappa shape index (κ1) is 21.1. The Hall–Kier alpha value is -0.930. The molecule has 8 heteroatoms. The van der Waals surface area contributed by atoms with Crippen molar-refractivity contribution in [2.24, 2.45) is 4.99 Å². The predicted octanol–water partition coefficient (Wildman–Crippen LogP) is 3.46. The molecule has 2 aromatic heterocycles. The molecule has 0 saturated heterocycles. The van der Waals surface area contributed by atoms with Gasteiger partial charge in [-0.3, -0.25) is 4.99 Å². The lowest BCUT2D eigenvalue weighted by molar-refractivity contribution is 0.794. The summed E-state index contributed by atoms with van der Waals surface area (Å²) in [6.07, 6.45) is 5.46. The van der Waals surface area contributed by atoms with E-state index >= 15 is 0 Å². The minimum Gasteiger partial charge on any atom is -0.357 e. The normalized spacial score (nSPS) is 11.0. The number of aromatic nitrogens is 2. The van der Waals surface area contributed by atoms with Crippen LogP contribution in [0.5, 0.6) is 0 Å². The van der Waals surface area contributed by atoms with Gasteiger partial charge in [-0.05, 0) is 31.9 Å². The van der Waals surface area contributed by atoms with Gasteiger partial charge in [0.2, 0.25) is 0 Å². The highest BCUT2D eigenvalue weighted by molar-refractivity contribution is 14.0. The highest BCUT2D eigenvalue weighted by Gasteiger charge is 2.01. The molecule has 0 saturated carbocycles. The van der Waals surface area contributed by atoms with Gasteiger partial charge < -0.3 is 10.6 Å².